The summed E-state index contributed by atoms with van der Waals surface area (Å²) in [4.78, 5) is 0. The molecule has 24 heavy (non-hydrogen) atoms. The molecule has 1 heterocycles. The lowest BCUT2D eigenvalue weighted by Gasteiger charge is -2.39. The summed E-state index contributed by atoms with van der Waals surface area (Å²) < 4.78 is 10.7. The van der Waals surface area contributed by atoms with Crippen molar-refractivity contribution in [3.05, 3.63) is 35.9 Å². The van der Waals surface area contributed by atoms with Crippen LogP contribution in [0.15, 0.2) is 30.3 Å². The Labute approximate surface area is 146 Å². The number of aliphatic hydroxyl groups is 4. The zero-order valence-electron chi connectivity index (χ0n) is 13.5. The topological polar surface area (TPSA) is 99.4 Å². The number of hydrogen-bond acceptors (Lipinski definition) is 7. The molecule has 1 aliphatic rings. The fourth-order valence-corrected chi connectivity index (χ4v) is 3.46. The fourth-order valence-electron chi connectivity index (χ4n) is 2.48. The summed E-state index contributed by atoms with van der Waals surface area (Å²) in [6.45, 7) is -0.0600. The van der Waals surface area contributed by atoms with Crippen molar-refractivity contribution in [2.75, 3.05) is 19.0 Å². The van der Waals surface area contributed by atoms with Gasteiger partial charge in [0.1, 0.15) is 24.4 Å². The normalized spacial score (nSPS) is 30.4. The predicted octanol–water partition coefficient (Wildman–Crippen LogP) is 0.516. The quantitative estimate of drug-likeness (QED) is 0.478. The maximum Gasteiger partial charge on any atom is 0.186 e. The van der Waals surface area contributed by atoms with E-state index in [0.29, 0.717) is 6.61 Å². The summed E-state index contributed by atoms with van der Waals surface area (Å²) in [7, 11) is 0. The smallest absolute Gasteiger partial charge is 0.186 e. The molecule has 0 amide bonds. The molecular formula is C17H26O6S. The van der Waals surface area contributed by atoms with Crippen LogP contribution in [-0.4, -0.2) is 70.1 Å². The number of ether oxygens (including phenoxy) is 2. The lowest BCUT2D eigenvalue weighted by atomic mass is 9.99. The van der Waals surface area contributed by atoms with Gasteiger partial charge in [0.15, 0.2) is 6.29 Å². The molecule has 0 aromatic heterocycles. The summed E-state index contributed by atoms with van der Waals surface area (Å²) in [5.41, 5.74) is 1.31. The predicted molar refractivity (Wildman–Crippen MR) is 91.6 cm³/mol. The second-order valence-corrected chi connectivity index (χ2v) is 6.92. The van der Waals surface area contributed by atoms with Crippen LogP contribution in [0.3, 0.4) is 0 Å². The molecule has 5 atom stereocenters. The molecule has 7 heteroatoms. The Balaban J connectivity index is 1.58. The first-order valence-corrected chi connectivity index (χ1v) is 9.32. The van der Waals surface area contributed by atoms with E-state index in [-0.39, 0.29) is 0 Å². The fraction of sp³-hybridized carbons (Fsp3) is 0.647. The van der Waals surface area contributed by atoms with Gasteiger partial charge in [0.05, 0.1) is 6.61 Å². The van der Waals surface area contributed by atoms with Gasteiger partial charge in [0.2, 0.25) is 0 Å². The van der Waals surface area contributed by atoms with Crippen LogP contribution in [0.5, 0.6) is 0 Å². The van der Waals surface area contributed by atoms with E-state index in [1.54, 1.807) is 0 Å². The van der Waals surface area contributed by atoms with Gasteiger partial charge < -0.3 is 29.9 Å². The second-order valence-electron chi connectivity index (χ2n) is 5.81. The molecule has 0 aliphatic carbocycles. The van der Waals surface area contributed by atoms with Crippen LogP contribution < -0.4 is 0 Å². The summed E-state index contributed by atoms with van der Waals surface area (Å²) in [6, 6.07) is 10.3. The number of thioether (sulfide) groups is 1. The molecule has 0 spiro atoms. The maximum absolute atomic E-state index is 9.84. The van der Waals surface area contributed by atoms with Crippen molar-refractivity contribution in [2.24, 2.45) is 0 Å². The van der Waals surface area contributed by atoms with Crippen LogP contribution in [0.2, 0.25) is 0 Å². The Morgan fingerprint density at radius 2 is 1.75 bits per heavy atom. The van der Waals surface area contributed by atoms with E-state index in [0.717, 1.165) is 24.3 Å². The van der Waals surface area contributed by atoms with Crippen molar-refractivity contribution in [3.63, 3.8) is 0 Å². The standard InChI is InChI=1S/C17H26O6S/c18-10-13-14(19)15(20)16(21)17(23-13)22-8-4-5-9-24-11-12-6-2-1-3-7-12/h1-3,6-7,13-21H,4-5,8-11H2/t13?,14-,15+,16?,17-/m1/s1. The molecule has 6 nitrogen and oxygen atoms in total. The highest BCUT2D eigenvalue weighted by atomic mass is 32.2. The number of aliphatic hydroxyl groups excluding tert-OH is 4. The molecule has 2 unspecified atom stereocenters. The first-order valence-electron chi connectivity index (χ1n) is 8.17. The molecule has 1 aliphatic heterocycles. The lowest BCUT2D eigenvalue weighted by Crippen LogP contribution is -2.59. The summed E-state index contributed by atoms with van der Waals surface area (Å²) in [5, 5.41) is 38.3. The highest BCUT2D eigenvalue weighted by Crippen LogP contribution is 2.22. The Bertz CT molecular complexity index is 458. The number of unbranched alkanes of at least 4 members (excludes halogenated alkanes) is 1. The molecule has 1 fully saturated rings. The van der Waals surface area contributed by atoms with E-state index in [1.165, 1.54) is 5.56 Å². The van der Waals surface area contributed by atoms with Crippen LogP contribution >= 0.6 is 11.8 Å². The van der Waals surface area contributed by atoms with Gasteiger partial charge in [-0.1, -0.05) is 30.3 Å². The third kappa shape index (κ3) is 5.70. The third-order valence-corrected chi connectivity index (χ3v) is 5.04. The van der Waals surface area contributed by atoms with Crippen molar-refractivity contribution in [1.29, 1.82) is 0 Å². The highest BCUT2D eigenvalue weighted by Gasteiger charge is 2.43. The van der Waals surface area contributed by atoms with Gasteiger partial charge in [0.25, 0.3) is 0 Å². The molecule has 2 rings (SSSR count). The number of rotatable bonds is 9. The van der Waals surface area contributed by atoms with Crippen molar-refractivity contribution in [2.45, 2.75) is 49.3 Å². The zero-order chi connectivity index (χ0) is 17.4. The Kier molecular flexibility index (Phi) is 8.48. The van der Waals surface area contributed by atoms with Gasteiger partial charge in [0, 0.05) is 12.4 Å². The molecule has 1 saturated heterocycles. The van der Waals surface area contributed by atoms with Crippen LogP contribution in [-0.2, 0) is 15.2 Å². The molecular weight excluding hydrogens is 332 g/mol. The first kappa shape index (κ1) is 19.7. The van der Waals surface area contributed by atoms with E-state index in [1.807, 2.05) is 30.0 Å². The minimum absolute atomic E-state index is 0.384. The molecule has 0 bridgehead atoms. The highest BCUT2D eigenvalue weighted by molar-refractivity contribution is 7.98. The number of benzene rings is 1. The van der Waals surface area contributed by atoms with Gasteiger partial charge in [-0.05, 0) is 24.2 Å². The van der Waals surface area contributed by atoms with Crippen LogP contribution in [0, 0.1) is 0 Å². The van der Waals surface area contributed by atoms with Gasteiger partial charge in [-0.25, -0.2) is 0 Å². The van der Waals surface area contributed by atoms with Crippen LogP contribution in [0.25, 0.3) is 0 Å². The molecule has 1 aromatic carbocycles. The van der Waals surface area contributed by atoms with Crippen molar-refractivity contribution in [3.8, 4) is 0 Å². The third-order valence-electron chi connectivity index (χ3n) is 3.93. The first-order chi connectivity index (χ1) is 11.6. The van der Waals surface area contributed by atoms with E-state index < -0.39 is 37.3 Å². The largest absolute Gasteiger partial charge is 0.394 e. The van der Waals surface area contributed by atoms with E-state index in [2.05, 4.69) is 12.1 Å². The molecule has 4 N–H and O–H groups in total. The van der Waals surface area contributed by atoms with E-state index in [9.17, 15) is 15.3 Å². The Morgan fingerprint density at radius 1 is 1.00 bits per heavy atom. The van der Waals surface area contributed by atoms with Gasteiger partial charge >= 0.3 is 0 Å². The monoisotopic (exact) mass is 358 g/mol. The molecule has 1 aromatic rings. The molecule has 136 valence electrons. The molecule has 0 saturated carbocycles. The lowest BCUT2D eigenvalue weighted by molar-refractivity contribution is -0.301. The summed E-state index contributed by atoms with van der Waals surface area (Å²) in [6.07, 6.45) is -4.24. The van der Waals surface area contributed by atoms with Crippen molar-refractivity contribution in [1.82, 2.24) is 0 Å². The SMILES string of the molecule is OCC1O[C@@H](OCCCCSCc2ccccc2)C(O)[C@@H](O)[C@@H]1O. The van der Waals surface area contributed by atoms with Gasteiger partial charge in [-0.15, -0.1) is 0 Å². The Morgan fingerprint density at radius 3 is 2.46 bits per heavy atom. The van der Waals surface area contributed by atoms with Crippen molar-refractivity contribution >= 4 is 11.8 Å². The van der Waals surface area contributed by atoms with Gasteiger partial charge in [-0.3, -0.25) is 0 Å². The maximum atomic E-state index is 9.84. The van der Waals surface area contributed by atoms with Crippen LogP contribution in [0.4, 0.5) is 0 Å². The van der Waals surface area contributed by atoms with E-state index >= 15 is 0 Å². The van der Waals surface area contributed by atoms with Gasteiger partial charge in [-0.2, -0.15) is 11.8 Å². The summed E-state index contributed by atoms with van der Waals surface area (Å²) >= 11 is 1.86. The van der Waals surface area contributed by atoms with E-state index in [4.69, 9.17) is 14.6 Å². The molecule has 0 radical (unpaired) electrons. The summed E-state index contributed by atoms with van der Waals surface area (Å²) in [5.74, 6) is 1.99. The average Bonchev–Trinajstić information content (AvgIpc) is 2.61. The zero-order valence-corrected chi connectivity index (χ0v) is 14.3. The Hall–Kier alpha value is -0.670. The average molecular weight is 358 g/mol. The number of hydrogen-bond donors (Lipinski definition) is 4. The minimum atomic E-state index is -1.39. The second kappa shape index (κ2) is 10.4. The van der Waals surface area contributed by atoms with Crippen LogP contribution in [0.1, 0.15) is 18.4 Å². The van der Waals surface area contributed by atoms with Crippen molar-refractivity contribution < 1.29 is 29.9 Å². The minimum Gasteiger partial charge on any atom is -0.394 e.